The Morgan fingerprint density at radius 3 is 2.76 bits per heavy atom. The van der Waals surface area contributed by atoms with Gasteiger partial charge in [0.05, 0.1) is 13.0 Å². The predicted molar refractivity (Wildman–Crippen MR) is 69.7 cm³/mol. The van der Waals surface area contributed by atoms with E-state index in [2.05, 4.69) is 6.92 Å². The van der Waals surface area contributed by atoms with Crippen LogP contribution in [0.15, 0.2) is 0 Å². The quantitative estimate of drug-likeness (QED) is 0.594. The van der Waals surface area contributed by atoms with E-state index in [1.807, 2.05) is 6.92 Å². The summed E-state index contributed by atoms with van der Waals surface area (Å²) >= 11 is 0. The van der Waals surface area contributed by atoms with Gasteiger partial charge in [0.25, 0.3) is 0 Å². The largest absolute Gasteiger partial charge is 0.466 e. The maximum absolute atomic E-state index is 11.5. The molecule has 17 heavy (non-hydrogen) atoms. The highest BCUT2D eigenvalue weighted by molar-refractivity contribution is 5.70. The molecule has 0 heterocycles. The molecule has 3 nitrogen and oxygen atoms in total. The number of hydrogen-bond donors (Lipinski definition) is 1. The van der Waals surface area contributed by atoms with E-state index in [9.17, 15) is 4.79 Å². The van der Waals surface area contributed by atoms with Gasteiger partial charge in [0, 0.05) is 5.54 Å². The first-order chi connectivity index (χ1) is 8.09. The van der Waals surface area contributed by atoms with Crippen molar-refractivity contribution in [2.45, 2.75) is 70.8 Å². The SMILES string of the molecule is CCCC1CCCC(N)(CC(=O)OCC)CC1. The van der Waals surface area contributed by atoms with Crippen molar-refractivity contribution in [2.75, 3.05) is 6.61 Å². The van der Waals surface area contributed by atoms with Crippen LogP contribution in [-0.2, 0) is 9.53 Å². The molecule has 0 amide bonds. The standard InChI is InChI=1S/C14H27NO2/c1-3-6-12-7-5-9-14(15,10-8-12)11-13(16)17-4-2/h12H,3-11,15H2,1-2H3. The zero-order chi connectivity index (χ0) is 12.7. The average molecular weight is 241 g/mol. The second-order valence-corrected chi connectivity index (χ2v) is 5.43. The lowest BCUT2D eigenvalue weighted by Gasteiger charge is -2.27. The number of rotatable bonds is 5. The molecule has 0 saturated heterocycles. The number of esters is 1. The van der Waals surface area contributed by atoms with Crippen LogP contribution in [0.25, 0.3) is 0 Å². The zero-order valence-electron chi connectivity index (χ0n) is 11.3. The van der Waals surface area contributed by atoms with Crippen LogP contribution in [0.2, 0.25) is 0 Å². The minimum atomic E-state index is -0.311. The summed E-state index contributed by atoms with van der Waals surface area (Å²) in [5.41, 5.74) is 6.04. The van der Waals surface area contributed by atoms with Gasteiger partial charge in [0.1, 0.15) is 0 Å². The first kappa shape index (κ1) is 14.5. The molecule has 0 aromatic carbocycles. The number of carbonyl (C=O) groups is 1. The molecule has 2 atom stereocenters. The van der Waals surface area contributed by atoms with Gasteiger partial charge in [-0.25, -0.2) is 0 Å². The van der Waals surface area contributed by atoms with Crippen LogP contribution in [0, 0.1) is 5.92 Å². The van der Waals surface area contributed by atoms with Crippen LogP contribution < -0.4 is 5.73 Å². The van der Waals surface area contributed by atoms with Crippen molar-refractivity contribution in [3.63, 3.8) is 0 Å². The normalized spacial score (nSPS) is 29.7. The first-order valence-corrected chi connectivity index (χ1v) is 7.04. The molecule has 0 aliphatic heterocycles. The molecule has 2 N–H and O–H groups in total. The molecule has 0 radical (unpaired) electrons. The van der Waals surface area contributed by atoms with Gasteiger partial charge in [-0.05, 0) is 32.1 Å². The van der Waals surface area contributed by atoms with Crippen molar-refractivity contribution < 1.29 is 9.53 Å². The molecule has 0 spiro atoms. The van der Waals surface area contributed by atoms with Crippen molar-refractivity contribution in [3.8, 4) is 0 Å². The molecule has 3 heteroatoms. The van der Waals surface area contributed by atoms with E-state index in [0.29, 0.717) is 13.0 Å². The van der Waals surface area contributed by atoms with E-state index >= 15 is 0 Å². The third kappa shape index (κ3) is 5.07. The minimum absolute atomic E-state index is 0.135. The molecule has 1 fully saturated rings. The molecule has 1 rings (SSSR count). The summed E-state index contributed by atoms with van der Waals surface area (Å²) in [7, 11) is 0. The molecule has 1 aliphatic rings. The first-order valence-electron chi connectivity index (χ1n) is 7.04. The Bertz CT molecular complexity index is 242. The summed E-state index contributed by atoms with van der Waals surface area (Å²) in [5, 5.41) is 0. The van der Waals surface area contributed by atoms with Crippen molar-refractivity contribution in [2.24, 2.45) is 11.7 Å². The van der Waals surface area contributed by atoms with Crippen LogP contribution >= 0.6 is 0 Å². The van der Waals surface area contributed by atoms with E-state index < -0.39 is 0 Å². The summed E-state index contributed by atoms with van der Waals surface area (Å²) in [5.74, 6) is 0.677. The fourth-order valence-corrected chi connectivity index (χ4v) is 2.88. The molecule has 0 aromatic heterocycles. The van der Waals surface area contributed by atoms with Gasteiger partial charge in [0.15, 0.2) is 0 Å². The molecule has 100 valence electrons. The topological polar surface area (TPSA) is 52.3 Å². The molecule has 0 aromatic rings. The molecular weight excluding hydrogens is 214 g/mol. The van der Waals surface area contributed by atoms with Gasteiger partial charge in [-0.15, -0.1) is 0 Å². The minimum Gasteiger partial charge on any atom is -0.466 e. The van der Waals surface area contributed by atoms with Gasteiger partial charge < -0.3 is 10.5 Å². The van der Waals surface area contributed by atoms with Crippen molar-refractivity contribution >= 4 is 5.97 Å². The van der Waals surface area contributed by atoms with Crippen molar-refractivity contribution in [3.05, 3.63) is 0 Å². The smallest absolute Gasteiger partial charge is 0.307 e. The van der Waals surface area contributed by atoms with Crippen LogP contribution in [-0.4, -0.2) is 18.1 Å². The Labute approximate surface area is 105 Å². The summed E-state index contributed by atoms with van der Waals surface area (Å²) < 4.78 is 5.01. The predicted octanol–water partition coefficient (Wildman–Crippen LogP) is 3.02. The Morgan fingerprint density at radius 2 is 2.12 bits per heavy atom. The Kier molecular flexibility index (Phi) is 5.96. The number of carbonyl (C=O) groups excluding carboxylic acids is 1. The average Bonchev–Trinajstić information content (AvgIpc) is 2.42. The Hall–Kier alpha value is -0.570. The van der Waals surface area contributed by atoms with Gasteiger partial charge in [-0.2, -0.15) is 0 Å². The maximum Gasteiger partial charge on any atom is 0.307 e. The van der Waals surface area contributed by atoms with Gasteiger partial charge in [0.2, 0.25) is 0 Å². The number of hydrogen-bond acceptors (Lipinski definition) is 3. The third-order valence-electron chi connectivity index (χ3n) is 3.84. The third-order valence-corrected chi connectivity index (χ3v) is 3.84. The fourth-order valence-electron chi connectivity index (χ4n) is 2.88. The molecule has 1 aliphatic carbocycles. The second-order valence-electron chi connectivity index (χ2n) is 5.43. The summed E-state index contributed by atoms with van der Waals surface area (Å²) in [6, 6.07) is 0. The Morgan fingerprint density at radius 1 is 1.35 bits per heavy atom. The fraction of sp³-hybridized carbons (Fsp3) is 0.929. The Balaban J connectivity index is 2.44. The van der Waals surface area contributed by atoms with Crippen molar-refractivity contribution in [1.82, 2.24) is 0 Å². The lowest BCUT2D eigenvalue weighted by atomic mass is 9.87. The van der Waals surface area contributed by atoms with E-state index in [-0.39, 0.29) is 11.5 Å². The van der Waals surface area contributed by atoms with E-state index in [0.717, 1.165) is 25.2 Å². The molecule has 1 saturated carbocycles. The van der Waals surface area contributed by atoms with E-state index in [4.69, 9.17) is 10.5 Å². The number of ether oxygens (including phenoxy) is 1. The maximum atomic E-state index is 11.5. The second kappa shape index (κ2) is 7.00. The highest BCUT2D eigenvalue weighted by Crippen LogP contribution is 2.33. The monoisotopic (exact) mass is 241 g/mol. The van der Waals surface area contributed by atoms with Crippen LogP contribution in [0.1, 0.15) is 65.2 Å². The zero-order valence-corrected chi connectivity index (χ0v) is 11.3. The van der Waals surface area contributed by atoms with Crippen LogP contribution in [0.3, 0.4) is 0 Å². The molecule has 0 bridgehead atoms. The number of nitrogens with two attached hydrogens (primary N) is 1. The van der Waals surface area contributed by atoms with E-state index in [1.54, 1.807) is 0 Å². The lowest BCUT2D eigenvalue weighted by molar-refractivity contribution is -0.144. The summed E-state index contributed by atoms with van der Waals surface area (Å²) in [6.45, 7) is 4.53. The van der Waals surface area contributed by atoms with Crippen LogP contribution in [0.5, 0.6) is 0 Å². The highest BCUT2D eigenvalue weighted by atomic mass is 16.5. The summed E-state index contributed by atoms with van der Waals surface area (Å²) in [4.78, 5) is 11.5. The van der Waals surface area contributed by atoms with Gasteiger partial charge in [-0.1, -0.05) is 32.6 Å². The molecule has 2 unspecified atom stereocenters. The van der Waals surface area contributed by atoms with Gasteiger partial charge in [-0.3, -0.25) is 4.79 Å². The van der Waals surface area contributed by atoms with Gasteiger partial charge >= 0.3 is 5.97 Å². The van der Waals surface area contributed by atoms with Crippen LogP contribution in [0.4, 0.5) is 0 Å². The van der Waals surface area contributed by atoms with E-state index in [1.165, 1.54) is 25.7 Å². The highest BCUT2D eigenvalue weighted by Gasteiger charge is 2.31. The lowest BCUT2D eigenvalue weighted by Crippen LogP contribution is -2.41. The molecular formula is C14H27NO2. The summed E-state index contributed by atoms with van der Waals surface area (Å²) in [6.07, 6.45) is 8.47. The van der Waals surface area contributed by atoms with Crippen molar-refractivity contribution in [1.29, 1.82) is 0 Å².